The minimum atomic E-state index is -1.22. The summed E-state index contributed by atoms with van der Waals surface area (Å²) in [6.45, 7) is 15.1. The monoisotopic (exact) mass is 881 g/mol. The molecule has 0 fully saturated rings. The molecule has 3 rings (SSSR count). The van der Waals surface area contributed by atoms with E-state index in [1.807, 2.05) is 22.6 Å². The maximum atomic E-state index is 13.2. The normalized spacial score (nSPS) is 14.1. The molecule has 1 aliphatic heterocycles. The van der Waals surface area contributed by atoms with Crippen LogP contribution in [0.1, 0.15) is 121 Å². The molecule has 2 heterocycles. The van der Waals surface area contributed by atoms with Gasteiger partial charge in [0.05, 0.1) is 23.4 Å². The molecule has 2 atom stereocenters. The summed E-state index contributed by atoms with van der Waals surface area (Å²) >= 11 is 1.93. The van der Waals surface area contributed by atoms with Crippen molar-refractivity contribution in [1.82, 2.24) is 35.8 Å². The number of nitrogens with zero attached hydrogens (tertiary/aromatic N) is 4. The standard InChI is InChI=1S/C37H52IN7O10/c1-35(2,3)53-28(47)18-17-25(33(51)55-37(7,8)9)41-34(52)40-24(32(50)54-36(4,5)6)16-12-13-19-39-27(46)21-45-26(29(38)42-43-45)20-44-30(48)22-14-10-11-15-23(22)31(44)49/h10-11,14-15,24-25H,12-13,16-21H2,1-9H3,(H,39,46)(H2,40,41,52)/t24-,25-/m0/s1. The number of aromatic nitrogens is 3. The van der Waals surface area contributed by atoms with Gasteiger partial charge in [-0.2, -0.15) is 0 Å². The van der Waals surface area contributed by atoms with Crippen LogP contribution in [0, 0.1) is 3.70 Å². The molecule has 0 aliphatic carbocycles. The Hall–Kier alpha value is -4.62. The van der Waals surface area contributed by atoms with Gasteiger partial charge in [0.2, 0.25) is 5.91 Å². The molecule has 0 bridgehead atoms. The summed E-state index contributed by atoms with van der Waals surface area (Å²) in [7, 11) is 0. The lowest BCUT2D eigenvalue weighted by Crippen LogP contribution is -2.53. The molecule has 1 aromatic heterocycles. The zero-order chi connectivity index (χ0) is 41.3. The number of benzene rings is 1. The Morgan fingerprint density at radius 1 is 0.764 bits per heavy atom. The molecule has 302 valence electrons. The molecule has 17 nitrogen and oxygen atoms in total. The highest BCUT2D eigenvalue weighted by atomic mass is 127. The smallest absolute Gasteiger partial charge is 0.329 e. The van der Waals surface area contributed by atoms with Crippen molar-refractivity contribution in [1.29, 1.82) is 0 Å². The third-order valence-electron chi connectivity index (χ3n) is 7.56. The van der Waals surface area contributed by atoms with Gasteiger partial charge in [-0.3, -0.25) is 24.1 Å². The average molecular weight is 882 g/mol. The number of halogens is 1. The number of fused-ring (bicyclic) bond motifs is 1. The van der Waals surface area contributed by atoms with Crippen LogP contribution < -0.4 is 16.0 Å². The number of ether oxygens (including phenoxy) is 3. The Morgan fingerprint density at radius 3 is 1.78 bits per heavy atom. The van der Waals surface area contributed by atoms with E-state index in [1.54, 1.807) is 86.6 Å². The van der Waals surface area contributed by atoms with Gasteiger partial charge in [0, 0.05) is 13.0 Å². The summed E-state index contributed by atoms with van der Waals surface area (Å²) in [6, 6.07) is 3.36. The molecule has 0 saturated carbocycles. The molecule has 0 unspecified atom stereocenters. The number of imide groups is 1. The number of carbonyl (C=O) groups is 7. The van der Waals surface area contributed by atoms with Crippen molar-refractivity contribution in [3.8, 4) is 0 Å². The van der Waals surface area contributed by atoms with Crippen LogP contribution in [0.15, 0.2) is 24.3 Å². The summed E-state index contributed by atoms with van der Waals surface area (Å²) in [5.41, 5.74) is -1.42. The lowest BCUT2D eigenvalue weighted by molar-refractivity contribution is -0.159. The van der Waals surface area contributed by atoms with E-state index >= 15 is 0 Å². The first-order valence-electron chi connectivity index (χ1n) is 18.0. The highest BCUT2D eigenvalue weighted by Gasteiger charge is 2.37. The summed E-state index contributed by atoms with van der Waals surface area (Å²) < 4.78 is 18.1. The van der Waals surface area contributed by atoms with Crippen molar-refractivity contribution in [2.24, 2.45) is 0 Å². The number of hydrogen-bond donors (Lipinski definition) is 3. The van der Waals surface area contributed by atoms with Gasteiger partial charge in [-0.25, -0.2) is 19.1 Å². The van der Waals surface area contributed by atoms with Crippen LogP contribution in [0.3, 0.4) is 0 Å². The molecule has 0 saturated heterocycles. The van der Waals surface area contributed by atoms with Gasteiger partial charge in [0.15, 0.2) is 0 Å². The van der Waals surface area contributed by atoms with E-state index in [0.717, 1.165) is 4.90 Å². The number of unbranched alkanes of at least 4 members (excludes halogenated alkanes) is 1. The number of rotatable bonds is 16. The molecule has 0 radical (unpaired) electrons. The Bertz CT molecular complexity index is 1720. The van der Waals surface area contributed by atoms with Crippen molar-refractivity contribution in [3.63, 3.8) is 0 Å². The van der Waals surface area contributed by atoms with Crippen molar-refractivity contribution in [3.05, 3.63) is 44.8 Å². The van der Waals surface area contributed by atoms with E-state index in [-0.39, 0.29) is 38.9 Å². The van der Waals surface area contributed by atoms with E-state index < -0.39 is 70.5 Å². The topological polar surface area (TPSA) is 217 Å². The van der Waals surface area contributed by atoms with Gasteiger partial charge in [0.1, 0.15) is 39.1 Å². The van der Waals surface area contributed by atoms with Gasteiger partial charge in [-0.1, -0.05) is 17.3 Å². The van der Waals surface area contributed by atoms with E-state index in [9.17, 15) is 33.6 Å². The van der Waals surface area contributed by atoms with Crippen LogP contribution in [0.25, 0.3) is 0 Å². The number of esters is 3. The fourth-order valence-electron chi connectivity index (χ4n) is 5.27. The van der Waals surface area contributed by atoms with Crippen LogP contribution in [0.2, 0.25) is 0 Å². The minimum absolute atomic E-state index is 0.105. The van der Waals surface area contributed by atoms with E-state index in [1.165, 1.54) is 4.68 Å². The Balaban J connectivity index is 1.57. The second-order valence-electron chi connectivity index (χ2n) is 16.0. The van der Waals surface area contributed by atoms with Gasteiger partial charge in [-0.15, -0.1) is 5.10 Å². The van der Waals surface area contributed by atoms with E-state index in [0.29, 0.717) is 33.4 Å². The van der Waals surface area contributed by atoms with Crippen LogP contribution in [0.5, 0.6) is 0 Å². The molecule has 55 heavy (non-hydrogen) atoms. The lowest BCUT2D eigenvalue weighted by Gasteiger charge is -2.27. The fraction of sp³-hybridized carbons (Fsp3) is 0.595. The van der Waals surface area contributed by atoms with Gasteiger partial charge >= 0.3 is 23.9 Å². The molecule has 1 aromatic carbocycles. The van der Waals surface area contributed by atoms with Crippen LogP contribution >= 0.6 is 22.6 Å². The van der Waals surface area contributed by atoms with Crippen LogP contribution in [0.4, 0.5) is 4.79 Å². The summed E-state index contributed by atoms with van der Waals surface area (Å²) in [6.07, 6.45) is 0.657. The van der Waals surface area contributed by atoms with Crippen molar-refractivity contribution >= 4 is 64.3 Å². The third kappa shape index (κ3) is 14.5. The maximum Gasteiger partial charge on any atom is 0.329 e. The largest absolute Gasteiger partial charge is 0.460 e. The quantitative estimate of drug-likeness (QED) is 0.0722. The first-order valence-corrected chi connectivity index (χ1v) is 19.1. The zero-order valence-electron chi connectivity index (χ0n) is 32.9. The molecule has 5 amide bonds. The second kappa shape index (κ2) is 18.8. The predicted molar refractivity (Wildman–Crippen MR) is 206 cm³/mol. The molecule has 3 N–H and O–H groups in total. The maximum absolute atomic E-state index is 13.2. The summed E-state index contributed by atoms with van der Waals surface area (Å²) in [4.78, 5) is 91.5. The molecule has 18 heteroatoms. The van der Waals surface area contributed by atoms with Gasteiger partial charge in [-0.05, 0) is 123 Å². The van der Waals surface area contributed by atoms with Crippen molar-refractivity contribution in [2.75, 3.05) is 6.54 Å². The summed E-state index contributed by atoms with van der Waals surface area (Å²) in [5.74, 6) is -3.28. The number of urea groups is 1. The highest BCUT2D eigenvalue weighted by Crippen LogP contribution is 2.25. The highest BCUT2D eigenvalue weighted by molar-refractivity contribution is 14.1. The van der Waals surface area contributed by atoms with E-state index in [4.69, 9.17) is 14.2 Å². The minimum Gasteiger partial charge on any atom is -0.460 e. The Labute approximate surface area is 334 Å². The number of nitrogens with one attached hydrogen (secondary N) is 3. The fourth-order valence-corrected chi connectivity index (χ4v) is 5.81. The first-order chi connectivity index (χ1) is 25.4. The number of carbonyl (C=O) groups excluding carboxylic acids is 7. The predicted octanol–water partition coefficient (Wildman–Crippen LogP) is 3.81. The SMILES string of the molecule is CC(C)(C)OC(=O)CC[C@H](NC(=O)N[C@@H](CCCCNC(=O)Cn1nnc(I)c1CN1C(=O)c2ccccc2C1=O)C(=O)OC(C)(C)C)C(=O)OC(C)(C)C. The van der Waals surface area contributed by atoms with Crippen LogP contribution in [-0.2, 0) is 46.5 Å². The first kappa shape index (κ1) is 44.8. The van der Waals surface area contributed by atoms with Crippen LogP contribution in [-0.4, -0.2) is 97.0 Å². The molecule has 1 aliphatic rings. The Kier molecular flexibility index (Phi) is 15.3. The molecular weight excluding hydrogens is 829 g/mol. The summed E-state index contributed by atoms with van der Waals surface area (Å²) in [5, 5.41) is 16.0. The van der Waals surface area contributed by atoms with Crippen molar-refractivity contribution in [2.45, 2.75) is 136 Å². The third-order valence-corrected chi connectivity index (χ3v) is 8.40. The van der Waals surface area contributed by atoms with Gasteiger partial charge in [0.25, 0.3) is 11.8 Å². The van der Waals surface area contributed by atoms with Crippen molar-refractivity contribution < 1.29 is 47.8 Å². The zero-order valence-corrected chi connectivity index (χ0v) is 35.0. The average Bonchev–Trinajstić information content (AvgIpc) is 3.50. The molecule has 0 spiro atoms. The lowest BCUT2D eigenvalue weighted by atomic mass is 10.1. The Morgan fingerprint density at radius 2 is 1.27 bits per heavy atom. The number of hydrogen-bond acceptors (Lipinski definition) is 12. The molecule has 2 aromatic rings. The second-order valence-corrected chi connectivity index (χ2v) is 17.0. The van der Waals surface area contributed by atoms with E-state index in [2.05, 4.69) is 26.3 Å². The van der Waals surface area contributed by atoms with Gasteiger partial charge < -0.3 is 30.2 Å². The molecular formula is C37H52IN7O10. The number of amides is 5.